The molecule has 3 heteroatoms. The largest absolute Gasteiger partial charge is 0.356 e. The molecule has 1 saturated carbocycles. The van der Waals surface area contributed by atoms with E-state index in [1.54, 1.807) is 0 Å². The number of nitrogens with one attached hydrogen (secondary N) is 2. The number of carbonyl (C=O) groups is 1. The second-order valence-corrected chi connectivity index (χ2v) is 5.14. The van der Waals surface area contributed by atoms with Crippen molar-refractivity contribution in [1.29, 1.82) is 0 Å². The second-order valence-electron chi connectivity index (χ2n) is 5.14. The van der Waals surface area contributed by atoms with Crippen LogP contribution < -0.4 is 10.6 Å². The molecule has 2 unspecified atom stereocenters. The van der Waals surface area contributed by atoms with E-state index in [0.717, 1.165) is 25.6 Å². The van der Waals surface area contributed by atoms with Crippen LogP contribution >= 0.6 is 0 Å². The number of hydrogen-bond acceptors (Lipinski definition) is 2. The topological polar surface area (TPSA) is 41.1 Å². The summed E-state index contributed by atoms with van der Waals surface area (Å²) in [6.07, 6.45) is 5.31. The van der Waals surface area contributed by atoms with Gasteiger partial charge in [-0.05, 0) is 31.2 Å². The second kappa shape index (κ2) is 4.97. The summed E-state index contributed by atoms with van der Waals surface area (Å²) in [4.78, 5) is 11.9. The Morgan fingerprint density at radius 1 is 1.33 bits per heavy atom. The third-order valence-corrected chi connectivity index (χ3v) is 3.89. The van der Waals surface area contributed by atoms with E-state index < -0.39 is 0 Å². The van der Waals surface area contributed by atoms with E-state index in [9.17, 15) is 4.79 Å². The Kier molecular flexibility index (Phi) is 3.62. The van der Waals surface area contributed by atoms with Crippen LogP contribution in [0.25, 0.3) is 0 Å². The van der Waals surface area contributed by atoms with Crippen LogP contribution in [0.4, 0.5) is 0 Å². The standard InChI is InChI=1S/C12H22N2O/c1-9-6-13-8-11(9)12(15)14-7-10-4-2-3-5-10/h9-11,13H,2-8H2,1H3,(H,14,15). The van der Waals surface area contributed by atoms with Gasteiger partial charge in [-0.3, -0.25) is 4.79 Å². The number of hydrogen-bond donors (Lipinski definition) is 2. The highest BCUT2D eigenvalue weighted by Crippen LogP contribution is 2.24. The molecule has 0 bridgehead atoms. The molecule has 2 atom stereocenters. The predicted octanol–water partition coefficient (Wildman–Crippen LogP) is 1.15. The highest BCUT2D eigenvalue weighted by molar-refractivity contribution is 5.79. The van der Waals surface area contributed by atoms with Gasteiger partial charge >= 0.3 is 0 Å². The minimum atomic E-state index is 0.200. The van der Waals surface area contributed by atoms with Crippen LogP contribution in [0, 0.1) is 17.8 Å². The summed E-state index contributed by atoms with van der Waals surface area (Å²) in [5.74, 6) is 1.71. The smallest absolute Gasteiger partial charge is 0.224 e. The van der Waals surface area contributed by atoms with Crippen molar-refractivity contribution in [3.8, 4) is 0 Å². The van der Waals surface area contributed by atoms with Gasteiger partial charge in [0.2, 0.25) is 5.91 Å². The monoisotopic (exact) mass is 210 g/mol. The molecule has 0 aromatic rings. The lowest BCUT2D eigenvalue weighted by Crippen LogP contribution is -2.36. The van der Waals surface area contributed by atoms with Crippen LogP contribution in [0.15, 0.2) is 0 Å². The number of amides is 1. The molecule has 2 rings (SSSR count). The normalized spacial score (nSPS) is 32.1. The van der Waals surface area contributed by atoms with E-state index in [0.29, 0.717) is 5.92 Å². The van der Waals surface area contributed by atoms with E-state index >= 15 is 0 Å². The lowest BCUT2D eigenvalue weighted by atomic mass is 9.97. The molecule has 1 amide bonds. The fourth-order valence-corrected chi connectivity index (χ4v) is 2.75. The fraction of sp³-hybridized carbons (Fsp3) is 0.917. The zero-order valence-corrected chi connectivity index (χ0v) is 9.59. The van der Waals surface area contributed by atoms with Gasteiger partial charge in [-0.15, -0.1) is 0 Å². The van der Waals surface area contributed by atoms with Crippen molar-refractivity contribution in [3.05, 3.63) is 0 Å². The Balaban J connectivity index is 1.71. The molecule has 1 saturated heterocycles. The first-order chi connectivity index (χ1) is 7.27. The third-order valence-electron chi connectivity index (χ3n) is 3.89. The highest BCUT2D eigenvalue weighted by Gasteiger charge is 2.29. The van der Waals surface area contributed by atoms with E-state index in [2.05, 4.69) is 17.6 Å². The van der Waals surface area contributed by atoms with Crippen LogP contribution in [0.3, 0.4) is 0 Å². The van der Waals surface area contributed by atoms with Crippen LogP contribution in [-0.4, -0.2) is 25.5 Å². The van der Waals surface area contributed by atoms with Gasteiger partial charge in [0.1, 0.15) is 0 Å². The first-order valence-corrected chi connectivity index (χ1v) is 6.26. The van der Waals surface area contributed by atoms with Gasteiger partial charge in [-0.1, -0.05) is 19.8 Å². The Bertz CT molecular complexity index is 224. The van der Waals surface area contributed by atoms with Crippen molar-refractivity contribution in [1.82, 2.24) is 10.6 Å². The minimum Gasteiger partial charge on any atom is -0.356 e. The average Bonchev–Trinajstić information content (AvgIpc) is 2.84. The molecule has 0 radical (unpaired) electrons. The van der Waals surface area contributed by atoms with Crippen molar-refractivity contribution >= 4 is 5.91 Å². The molecule has 0 spiro atoms. The molecule has 0 aromatic heterocycles. The third kappa shape index (κ3) is 2.71. The first kappa shape index (κ1) is 10.9. The fourth-order valence-electron chi connectivity index (χ4n) is 2.75. The zero-order chi connectivity index (χ0) is 10.7. The average molecular weight is 210 g/mol. The molecule has 2 N–H and O–H groups in total. The summed E-state index contributed by atoms with van der Waals surface area (Å²) in [5.41, 5.74) is 0. The summed E-state index contributed by atoms with van der Waals surface area (Å²) >= 11 is 0. The molecule has 3 nitrogen and oxygen atoms in total. The molecule has 2 fully saturated rings. The maximum absolute atomic E-state index is 11.9. The van der Waals surface area contributed by atoms with Gasteiger partial charge in [0.05, 0.1) is 5.92 Å². The Morgan fingerprint density at radius 3 is 2.67 bits per heavy atom. The van der Waals surface area contributed by atoms with Gasteiger partial charge in [0, 0.05) is 13.1 Å². The molecule has 1 heterocycles. The van der Waals surface area contributed by atoms with Gasteiger partial charge in [0.25, 0.3) is 0 Å². The van der Waals surface area contributed by atoms with Gasteiger partial charge < -0.3 is 10.6 Å². The van der Waals surface area contributed by atoms with Crippen LogP contribution in [0.1, 0.15) is 32.6 Å². The Morgan fingerprint density at radius 2 is 2.07 bits per heavy atom. The van der Waals surface area contributed by atoms with E-state index in [4.69, 9.17) is 0 Å². The maximum Gasteiger partial charge on any atom is 0.224 e. The minimum absolute atomic E-state index is 0.200. The van der Waals surface area contributed by atoms with Gasteiger partial charge in [-0.2, -0.15) is 0 Å². The summed E-state index contributed by atoms with van der Waals surface area (Å²) in [6, 6.07) is 0. The molecule has 86 valence electrons. The van der Waals surface area contributed by atoms with Crippen molar-refractivity contribution in [3.63, 3.8) is 0 Å². The molecule has 1 aliphatic carbocycles. The lowest BCUT2D eigenvalue weighted by molar-refractivity contribution is -0.125. The van der Waals surface area contributed by atoms with E-state index in [1.807, 2.05) is 0 Å². The lowest BCUT2D eigenvalue weighted by Gasteiger charge is -2.16. The molecular weight excluding hydrogens is 188 g/mol. The predicted molar refractivity (Wildman–Crippen MR) is 60.5 cm³/mol. The molecule has 2 aliphatic rings. The van der Waals surface area contributed by atoms with Gasteiger partial charge in [0.15, 0.2) is 0 Å². The van der Waals surface area contributed by atoms with Gasteiger partial charge in [-0.25, -0.2) is 0 Å². The van der Waals surface area contributed by atoms with E-state index in [1.165, 1.54) is 25.7 Å². The summed E-state index contributed by atoms with van der Waals surface area (Å²) < 4.78 is 0. The molecule has 15 heavy (non-hydrogen) atoms. The Hall–Kier alpha value is -0.570. The zero-order valence-electron chi connectivity index (χ0n) is 9.59. The van der Waals surface area contributed by atoms with Crippen LogP contribution in [0.2, 0.25) is 0 Å². The molecule has 0 aromatic carbocycles. The van der Waals surface area contributed by atoms with Crippen molar-refractivity contribution < 1.29 is 4.79 Å². The SMILES string of the molecule is CC1CNCC1C(=O)NCC1CCCC1. The summed E-state index contributed by atoms with van der Waals surface area (Å²) in [6.45, 7) is 4.90. The summed E-state index contributed by atoms with van der Waals surface area (Å²) in [5, 5.41) is 6.39. The van der Waals surface area contributed by atoms with Crippen molar-refractivity contribution in [2.24, 2.45) is 17.8 Å². The highest BCUT2D eigenvalue weighted by atomic mass is 16.1. The Labute approximate surface area is 92.0 Å². The molecular formula is C12H22N2O. The van der Waals surface area contributed by atoms with Crippen molar-refractivity contribution in [2.45, 2.75) is 32.6 Å². The number of rotatable bonds is 3. The van der Waals surface area contributed by atoms with Crippen molar-refractivity contribution in [2.75, 3.05) is 19.6 Å². The van der Waals surface area contributed by atoms with Crippen LogP contribution in [-0.2, 0) is 4.79 Å². The summed E-state index contributed by atoms with van der Waals surface area (Å²) in [7, 11) is 0. The first-order valence-electron chi connectivity index (χ1n) is 6.26. The number of carbonyl (C=O) groups excluding carboxylic acids is 1. The maximum atomic E-state index is 11.9. The van der Waals surface area contributed by atoms with E-state index in [-0.39, 0.29) is 11.8 Å². The molecule has 1 aliphatic heterocycles. The van der Waals surface area contributed by atoms with Crippen LogP contribution in [0.5, 0.6) is 0 Å². The quantitative estimate of drug-likeness (QED) is 0.733.